The van der Waals surface area contributed by atoms with Gasteiger partial charge in [-0.1, -0.05) is 46.3 Å². The van der Waals surface area contributed by atoms with E-state index in [4.69, 9.17) is 0 Å². The first-order chi connectivity index (χ1) is 13.6. The molecular formula is C22H15BrN2O2S. The summed E-state index contributed by atoms with van der Waals surface area (Å²) in [6.07, 6.45) is 0. The van der Waals surface area contributed by atoms with Gasteiger partial charge >= 0.3 is 0 Å². The Morgan fingerprint density at radius 2 is 1.36 bits per heavy atom. The van der Waals surface area contributed by atoms with E-state index in [1.165, 1.54) is 11.3 Å². The van der Waals surface area contributed by atoms with Gasteiger partial charge in [0.2, 0.25) is 0 Å². The van der Waals surface area contributed by atoms with E-state index in [0.29, 0.717) is 21.8 Å². The Morgan fingerprint density at radius 1 is 0.714 bits per heavy atom. The fraction of sp³-hybridized carbons (Fsp3) is 0. The molecule has 4 rings (SSSR count). The molecule has 0 radical (unpaired) electrons. The van der Waals surface area contributed by atoms with E-state index < -0.39 is 0 Å². The van der Waals surface area contributed by atoms with Gasteiger partial charge in [-0.15, -0.1) is 11.3 Å². The highest BCUT2D eigenvalue weighted by Gasteiger charge is 2.12. The molecule has 0 saturated heterocycles. The number of halogens is 1. The van der Waals surface area contributed by atoms with Crippen LogP contribution in [-0.2, 0) is 0 Å². The molecule has 1 aromatic heterocycles. The number of benzene rings is 3. The van der Waals surface area contributed by atoms with E-state index in [0.717, 1.165) is 15.2 Å². The Kier molecular flexibility index (Phi) is 5.23. The van der Waals surface area contributed by atoms with Gasteiger partial charge in [0.05, 0.1) is 4.88 Å². The maximum atomic E-state index is 12.8. The first-order valence-corrected chi connectivity index (χ1v) is 10.2. The molecule has 0 atom stereocenters. The Bertz CT molecular complexity index is 1160. The maximum Gasteiger partial charge on any atom is 0.265 e. The minimum absolute atomic E-state index is 0.145. The van der Waals surface area contributed by atoms with Crippen molar-refractivity contribution < 1.29 is 9.59 Å². The topological polar surface area (TPSA) is 58.2 Å². The van der Waals surface area contributed by atoms with E-state index in [9.17, 15) is 9.59 Å². The number of fused-ring (bicyclic) bond motifs is 1. The molecule has 138 valence electrons. The third-order valence-electron chi connectivity index (χ3n) is 4.26. The molecule has 3 aromatic carbocycles. The Labute approximate surface area is 174 Å². The molecule has 0 unspecified atom stereocenters. The standard InChI is InChI=1S/C22H15BrN2O2S/c23-19-7-2-4-16-17(19)5-1-6-18(16)21(26)24-14-9-11-15(12-10-14)25-22(27)20-8-3-13-28-20/h1-13H,(H,24,26)(H,25,27). The third-order valence-corrected chi connectivity index (χ3v) is 5.82. The van der Waals surface area contributed by atoms with Crippen LogP contribution in [0.1, 0.15) is 20.0 Å². The maximum absolute atomic E-state index is 12.8. The van der Waals surface area contributed by atoms with Gasteiger partial charge in [0.1, 0.15) is 0 Å². The fourth-order valence-electron chi connectivity index (χ4n) is 2.91. The summed E-state index contributed by atoms with van der Waals surface area (Å²) in [5, 5.41) is 9.49. The molecule has 4 nitrogen and oxygen atoms in total. The summed E-state index contributed by atoms with van der Waals surface area (Å²) in [6.45, 7) is 0. The molecule has 0 fully saturated rings. The first-order valence-electron chi connectivity index (χ1n) is 8.55. The highest BCUT2D eigenvalue weighted by molar-refractivity contribution is 9.10. The second kappa shape index (κ2) is 7.96. The lowest BCUT2D eigenvalue weighted by molar-refractivity contribution is 0.102. The summed E-state index contributed by atoms with van der Waals surface area (Å²) in [5.41, 5.74) is 1.94. The molecule has 0 saturated carbocycles. The summed E-state index contributed by atoms with van der Waals surface area (Å²) in [5.74, 6) is -0.327. The number of rotatable bonds is 4. The van der Waals surface area contributed by atoms with Crippen LogP contribution in [0.5, 0.6) is 0 Å². The molecule has 0 aliphatic rings. The molecule has 2 amide bonds. The number of anilines is 2. The average Bonchev–Trinajstić information content (AvgIpc) is 3.24. The van der Waals surface area contributed by atoms with E-state index in [2.05, 4.69) is 26.6 Å². The van der Waals surface area contributed by atoms with E-state index in [1.54, 1.807) is 36.4 Å². The van der Waals surface area contributed by atoms with Crippen molar-refractivity contribution in [2.75, 3.05) is 10.6 Å². The second-order valence-corrected chi connectivity index (χ2v) is 7.91. The highest BCUT2D eigenvalue weighted by Crippen LogP contribution is 2.27. The van der Waals surface area contributed by atoms with Gasteiger partial charge in [-0.25, -0.2) is 0 Å². The van der Waals surface area contributed by atoms with Crippen molar-refractivity contribution >= 4 is 61.2 Å². The predicted octanol–water partition coefficient (Wildman–Crippen LogP) is 6.17. The largest absolute Gasteiger partial charge is 0.322 e. The smallest absolute Gasteiger partial charge is 0.265 e. The molecule has 6 heteroatoms. The number of carbonyl (C=O) groups excluding carboxylic acids is 2. The van der Waals surface area contributed by atoms with Crippen LogP contribution < -0.4 is 10.6 Å². The van der Waals surface area contributed by atoms with Crippen molar-refractivity contribution in [1.29, 1.82) is 0 Å². The van der Waals surface area contributed by atoms with Crippen molar-refractivity contribution in [2.24, 2.45) is 0 Å². The predicted molar refractivity (Wildman–Crippen MR) is 118 cm³/mol. The minimum atomic E-state index is -0.181. The van der Waals surface area contributed by atoms with Crippen molar-refractivity contribution in [3.05, 3.63) is 93.1 Å². The number of carbonyl (C=O) groups is 2. The third kappa shape index (κ3) is 3.83. The van der Waals surface area contributed by atoms with Crippen LogP contribution in [0.2, 0.25) is 0 Å². The van der Waals surface area contributed by atoms with Crippen molar-refractivity contribution in [2.45, 2.75) is 0 Å². The van der Waals surface area contributed by atoms with Crippen molar-refractivity contribution in [3.8, 4) is 0 Å². The normalized spacial score (nSPS) is 10.6. The highest BCUT2D eigenvalue weighted by atomic mass is 79.9. The summed E-state index contributed by atoms with van der Waals surface area (Å²) in [7, 11) is 0. The average molecular weight is 451 g/mol. The quantitative estimate of drug-likeness (QED) is 0.390. The van der Waals surface area contributed by atoms with E-state index in [1.807, 2.05) is 41.8 Å². The lowest BCUT2D eigenvalue weighted by Gasteiger charge is -2.10. The summed E-state index contributed by atoms with van der Waals surface area (Å²) in [6, 6.07) is 22.1. The van der Waals surface area contributed by atoms with Crippen LogP contribution in [0, 0.1) is 0 Å². The van der Waals surface area contributed by atoms with Gasteiger partial charge in [0, 0.05) is 21.4 Å². The number of thiophene rings is 1. The Morgan fingerprint density at radius 3 is 2.04 bits per heavy atom. The van der Waals surface area contributed by atoms with Gasteiger partial charge in [-0.2, -0.15) is 0 Å². The molecule has 4 aromatic rings. The molecule has 0 spiro atoms. The van der Waals surface area contributed by atoms with Gasteiger partial charge < -0.3 is 10.6 Å². The Balaban J connectivity index is 1.50. The molecule has 0 aliphatic carbocycles. The van der Waals surface area contributed by atoms with E-state index >= 15 is 0 Å². The molecule has 2 N–H and O–H groups in total. The Hall–Kier alpha value is -2.96. The fourth-order valence-corrected chi connectivity index (χ4v) is 4.02. The number of nitrogens with one attached hydrogen (secondary N) is 2. The zero-order chi connectivity index (χ0) is 19.5. The van der Waals surface area contributed by atoms with Gasteiger partial charge in [-0.3, -0.25) is 9.59 Å². The van der Waals surface area contributed by atoms with E-state index in [-0.39, 0.29) is 11.8 Å². The molecular weight excluding hydrogens is 436 g/mol. The summed E-state index contributed by atoms with van der Waals surface area (Å²) < 4.78 is 0.950. The second-order valence-electron chi connectivity index (χ2n) is 6.10. The minimum Gasteiger partial charge on any atom is -0.322 e. The van der Waals surface area contributed by atoms with Crippen LogP contribution in [0.3, 0.4) is 0 Å². The zero-order valence-corrected chi connectivity index (χ0v) is 17.0. The number of hydrogen-bond donors (Lipinski definition) is 2. The van der Waals surface area contributed by atoms with Crippen LogP contribution in [-0.4, -0.2) is 11.8 Å². The first kappa shape index (κ1) is 18.4. The van der Waals surface area contributed by atoms with Gasteiger partial charge in [-0.05, 0) is 58.6 Å². The molecule has 0 bridgehead atoms. The SMILES string of the molecule is O=C(Nc1ccc(NC(=O)c2cccc3c(Br)cccc23)cc1)c1cccs1. The zero-order valence-electron chi connectivity index (χ0n) is 14.6. The van der Waals surface area contributed by atoms with Crippen molar-refractivity contribution in [3.63, 3.8) is 0 Å². The number of amides is 2. The van der Waals surface area contributed by atoms with Crippen LogP contribution in [0.15, 0.2) is 82.6 Å². The number of hydrogen-bond acceptors (Lipinski definition) is 3. The monoisotopic (exact) mass is 450 g/mol. The molecule has 1 heterocycles. The summed E-state index contributed by atoms with van der Waals surface area (Å²) >= 11 is 4.91. The lowest BCUT2D eigenvalue weighted by atomic mass is 10.0. The van der Waals surface area contributed by atoms with Crippen LogP contribution in [0.25, 0.3) is 10.8 Å². The van der Waals surface area contributed by atoms with Gasteiger partial charge in [0.25, 0.3) is 11.8 Å². The summed E-state index contributed by atoms with van der Waals surface area (Å²) in [4.78, 5) is 25.5. The van der Waals surface area contributed by atoms with Crippen LogP contribution in [0.4, 0.5) is 11.4 Å². The molecule has 0 aliphatic heterocycles. The van der Waals surface area contributed by atoms with Crippen molar-refractivity contribution in [1.82, 2.24) is 0 Å². The molecule has 28 heavy (non-hydrogen) atoms. The van der Waals surface area contributed by atoms with Crippen LogP contribution >= 0.6 is 27.3 Å². The van der Waals surface area contributed by atoms with Gasteiger partial charge in [0.15, 0.2) is 0 Å². The lowest BCUT2D eigenvalue weighted by Crippen LogP contribution is -2.13.